The predicted molar refractivity (Wildman–Crippen MR) is 88.6 cm³/mol. The Morgan fingerprint density at radius 1 is 1.00 bits per heavy atom. The van der Waals surface area contributed by atoms with Gasteiger partial charge < -0.3 is 0 Å². The van der Waals surface area contributed by atoms with Crippen LogP contribution in [0.1, 0.15) is 22.4 Å². The van der Waals surface area contributed by atoms with Gasteiger partial charge in [0.2, 0.25) is 5.69 Å². The monoisotopic (exact) mass is 287 g/mol. The fourth-order valence-electron chi connectivity index (χ4n) is 3.36. The van der Waals surface area contributed by atoms with E-state index in [-0.39, 0.29) is 0 Å². The number of rotatable bonds is 1. The van der Waals surface area contributed by atoms with Crippen LogP contribution < -0.4 is 4.57 Å². The van der Waals surface area contributed by atoms with Crippen molar-refractivity contribution >= 4 is 0 Å². The van der Waals surface area contributed by atoms with Gasteiger partial charge in [0.15, 0.2) is 6.20 Å². The van der Waals surface area contributed by atoms with E-state index in [0.29, 0.717) is 0 Å². The molecule has 1 aromatic carbocycles. The number of benzene rings is 1. The minimum Gasteiger partial charge on any atom is -0.260 e. The van der Waals surface area contributed by atoms with Crippen LogP contribution in [0.3, 0.4) is 0 Å². The highest BCUT2D eigenvalue weighted by molar-refractivity contribution is 5.76. The average molecular weight is 287 g/mol. The summed E-state index contributed by atoms with van der Waals surface area (Å²) in [6.07, 6.45) is 5.07. The zero-order chi connectivity index (χ0) is 15.3. The summed E-state index contributed by atoms with van der Waals surface area (Å²) in [4.78, 5) is 4.53. The van der Waals surface area contributed by atoms with Crippen LogP contribution in [0.4, 0.5) is 0 Å². The van der Waals surface area contributed by atoms with Crippen LogP contribution in [-0.2, 0) is 13.5 Å². The Bertz CT molecular complexity index is 894. The molecule has 0 unspecified atom stereocenters. The predicted octanol–water partition coefficient (Wildman–Crippen LogP) is 3.76. The first-order valence-electron chi connectivity index (χ1n) is 7.68. The fourth-order valence-corrected chi connectivity index (χ4v) is 3.36. The van der Waals surface area contributed by atoms with Gasteiger partial charge in [-0.3, -0.25) is 4.98 Å². The molecule has 0 aliphatic heterocycles. The van der Waals surface area contributed by atoms with Crippen LogP contribution in [0.15, 0.2) is 48.8 Å². The van der Waals surface area contributed by atoms with Gasteiger partial charge in [0.1, 0.15) is 7.05 Å². The summed E-state index contributed by atoms with van der Waals surface area (Å²) < 4.78 is 2.24. The maximum atomic E-state index is 4.53. The first-order chi connectivity index (χ1) is 10.6. The molecule has 2 heterocycles. The second kappa shape index (κ2) is 4.77. The highest BCUT2D eigenvalue weighted by atomic mass is 14.9. The number of hydrogen-bond acceptors (Lipinski definition) is 1. The fraction of sp³-hybridized carbons (Fsp3) is 0.200. The van der Waals surface area contributed by atoms with Crippen molar-refractivity contribution in [1.82, 2.24) is 4.98 Å². The molecule has 0 radical (unpaired) electrons. The third-order valence-corrected chi connectivity index (χ3v) is 4.57. The van der Waals surface area contributed by atoms with Gasteiger partial charge in [-0.25, -0.2) is 4.57 Å². The van der Waals surface area contributed by atoms with Gasteiger partial charge in [0, 0.05) is 29.8 Å². The number of aromatic nitrogens is 2. The Balaban J connectivity index is 1.92. The van der Waals surface area contributed by atoms with Gasteiger partial charge in [-0.1, -0.05) is 23.8 Å². The van der Waals surface area contributed by atoms with Crippen molar-refractivity contribution in [3.8, 4) is 22.4 Å². The molecule has 0 bridgehead atoms. The van der Waals surface area contributed by atoms with Crippen LogP contribution in [-0.4, -0.2) is 4.98 Å². The van der Waals surface area contributed by atoms with Crippen molar-refractivity contribution in [2.24, 2.45) is 7.05 Å². The first kappa shape index (κ1) is 13.2. The molecule has 0 saturated carbocycles. The van der Waals surface area contributed by atoms with Crippen molar-refractivity contribution in [2.45, 2.75) is 20.3 Å². The second-order valence-corrected chi connectivity index (χ2v) is 6.20. The molecule has 2 heteroatoms. The second-order valence-electron chi connectivity index (χ2n) is 6.20. The summed E-state index contributed by atoms with van der Waals surface area (Å²) in [6.45, 7) is 4.33. The van der Waals surface area contributed by atoms with Crippen LogP contribution >= 0.6 is 0 Å². The lowest BCUT2D eigenvalue weighted by Gasteiger charge is -2.08. The van der Waals surface area contributed by atoms with Gasteiger partial charge in [-0.2, -0.15) is 0 Å². The molecule has 0 atom stereocenters. The molecule has 0 saturated heterocycles. The lowest BCUT2D eigenvalue weighted by atomic mass is 9.99. The molecule has 0 spiro atoms. The number of nitrogens with zero attached hydrogens (tertiary/aromatic N) is 2. The summed E-state index contributed by atoms with van der Waals surface area (Å²) in [5.74, 6) is 0. The van der Waals surface area contributed by atoms with Gasteiger partial charge in [0.05, 0.1) is 11.3 Å². The van der Waals surface area contributed by atoms with Crippen LogP contribution in [0.5, 0.6) is 0 Å². The Hall–Kier alpha value is -2.48. The average Bonchev–Trinajstić information content (AvgIpc) is 2.87. The summed E-state index contributed by atoms with van der Waals surface area (Å²) >= 11 is 0. The maximum absolute atomic E-state index is 4.53. The Labute approximate surface area is 131 Å². The van der Waals surface area contributed by atoms with Crippen molar-refractivity contribution in [2.75, 3.05) is 0 Å². The van der Waals surface area contributed by atoms with E-state index in [1.54, 1.807) is 0 Å². The van der Waals surface area contributed by atoms with Crippen LogP contribution in [0.25, 0.3) is 22.4 Å². The smallest absolute Gasteiger partial charge is 0.212 e. The Morgan fingerprint density at radius 3 is 2.73 bits per heavy atom. The molecule has 0 fully saturated rings. The van der Waals surface area contributed by atoms with Gasteiger partial charge in [-0.05, 0) is 37.1 Å². The topological polar surface area (TPSA) is 16.8 Å². The van der Waals surface area contributed by atoms with Gasteiger partial charge >= 0.3 is 0 Å². The third-order valence-electron chi connectivity index (χ3n) is 4.57. The van der Waals surface area contributed by atoms with Crippen molar-refractivity contribution in [1.29, 1.82) is 0 Å². The van der Waals surface area contributed by atoms with Crippen molar-refractivity contribution in [3.05, 3.63) is 71.2 Å². The Morgan fingerprint density at radius 2 is 1.86 bits per heavy atom. The number of fused-ring (bicyclic) bond motifs is 3. The van der Waals surface area contributed by atoms with E-state index in [9.17, 15) is 0 Å². The molecule has 1 aliphatic carbocycles. The van der Waals surface area contributed by atoms with Gasteiger partial charge in [-0.15, -0.1) is 0 Å². The number of aryl methyl sites for hydroxylation is 3. The molecule has 2 aromatic heterocycles. The van der Waals surface area contributed by atoms with E-state index < -0.39 is 0 Å². The molecule has 108 valence electrons. The van der Waals surface area contributed by atoms with Crippen molar-refractivity contribution in [3.63, 3.8) is 0 Å². The SMILES string of the molecule is Cc1ccc(C)c(-c2cc3c(c[n+]2C)-c2cccnc2C3)c1. The van der Waals surface area contributed by atoms with E-state index in [1.165, 1.54) is 44.8 Å². The summed E-state index contributed by atoms with van der Waals surface area (Å²) in [7, 11) is 2.13. The van der Waals surface area contributed by atoms with Crippen LogP contribution in [0.2, 0.25) is 0 Å². The zero-order valence-corrected chi connectivity index (χ0v) is 13.2. The third kappa shape index (κ3) is 1.95. The van der Waals surface area contributed by atoms with E-state index in [4.69, 9.17) is 0 Å². The minimum absolute atomic E-state index is 0.935. The number of hydrogen-bond donors (Lipinski definition) is 0. The molecule has 2 nitrogen and oxygen atoms in total. The summed E-state index contributed by atoms with van der Waals surface area (Å²) in [6, 6.07) is 13.2. The van der Waals surface area contributed by atoms with E-state index in [2.05, 4.69) is 67.0 Å². The summed E-state index contributed by atoms with van der Waals surface area (Å²) in [5, 5.41) is 0. The zero-order valence-electron chi connectivity index (χ0n) is 13.2. The molecule has 1 aliphatic rings. The van der Waals surface area contributed by atoms with E-state index in [1.807, 2.05) is 12.3 Å². The summed E-state index contributed by atoms with van der Waals surface area (Å²) in [5.41, 5.74) is 10.4. The lowest BCUT2D eigenvalue weighted by molar-refractivity contribution is -0.659. The first-order valence-corrected chi connectivity index (χ1v) is 7.68. The quantitative estimate of drug-likeness (QED) is 0.487. The van der Waals surface area contributed by atoms with Crippen molar-refractivity contribution < 1.29 is 4.57 Å². The molecule has 0 N–H and O–H groups in total. The molecule has 22 heavy (non-hydrogen) atoms. The molecule has 3 aromatic rings. The highest BCUT2D eigenvalue weighted by Crippen LogP contribution is 2.36. The molecular weight excluding hydrogens is 268 g/mol. The Kier molecular flexibility index (Phi) is 2.86. The molecule has 4 rings (SSSR count). The lowest BCUT2D eigenvalue weighted by Crippen LogP contribution is -2.31. The van der Waals surface area contributed by atoms with Crippen LogP contribution in [0, 0.1) is 13.8 Å². The normalized spacial score (nSPS) is 12.1. The van der Waals surface area contributed by atoms with E-state index in [0.717, 1.165) is 6.42 Å². The minimum atomic E-state index is 0.935. The highest BCUT2D eigenvalue weighted by Gasteiger charge is 2.25. The molecule has 0 amide bonds. The standard InChI is InChI=1S/C20H19N2/c1-13-6-7-14(2)17(9-13)20-11-15-10-19-16(5-4-8-21-19)18(15)12-22(20)3/h4-9,11-12H,10H2,1-3H3/q+1. The number of pyridine rings is 2. The maximum Gasteiger partial charge on any atom is 0.212 e. The largest absolute Gasteiger partial charge is 0.260 e. The van der Waals surface area contributed by atoms with Gasteiger partial charge in [0.25, 0.3) is 0 Å². The molecular formula is C20H19N2+. The van der Waals surface area contributed by atoms with E-state index >= 15 is 0 Å².